The summed E-state index contributed by atoms with van der Waals surface area (Å²) >= 11 is 3.10. The number of aliphatic hydroxyl groups is 1. The highest BCUT2D eigenvalue weighted by atomic mass is 79.9. The maximum Gasteiger partial charge on any atom is 0.265 e. The number of sulfonamides is 1. The minimum atomic E-state index is -4.05. The second-order valence-corrected chi connectivity index (χ2v) is 6.20. The van der Waals surface area contributed by atoms with Crippen molar-refractivity contribution in [1.82, 2.24) is 4.72 Å². The van der Waals surface area contributed by atoms with Crippen LogP contribution >= 0.6 is 15.9 Å². The van der Waals surface area contributed by atoms with E-state index in [1.165, 1.54) is 19.2 Å². The summed E-state index contributed by atoms with van der Waals surface area (Å²) in [5, 5.41) is 8.90. The Morgan fingerprint density at radius 1 is 1.47 bits per heavy atom. The maximum atomic E-state index is 12.1. The van der Waals surface area contributed by atoms with Crippen molar-refractivity contribution < 1.29 is 27.0 Å². The van der Waals surface area contributed by atoms with Crippen LogP contribution in [0.1, 0.15) is 0 Å². The summed E-state index contributed by atoms with van der Waals surface area (Å²) in [4.78, 5) is -0.203. The molecular formula is C10H12BrF2NO4S. The van der Waals surface area contributed by atoms with E-state index in [0.717, 1.165) is 0 Å². The topological polar surface area (TPSA) is 75.6 Å². The highest BCUT2D eigenvalue weighted by Crippen LogP contribution is 2.27. The lowest BCUT2D eigenvalue weighted by atomic mass is 10.3. The molecule has 0 bridgehead atoms. The molecule has 0 amide bonds. The van der Waals surface area contributed by atoms with Crippen molar-refractivity contribution in [2.24, 2.45) is 0 Å². The number of methoxy groups -OCH3 is 1. The van der Waals surface area contributed by atoms with E-state index in [1.807, 2.05) is 4.72 Å². The van der Waals surface area contributed by atoms with Crippen LogP contribution in [-0.2, 0) is 10.0 Å². The van der Waals surface area contributed by atoms with Crippen molar-refractivity contribution in [2.45, 2.75) is 17.4 Å². The minimum Gasteiger partial charge on any atom is -0.495 e. The summed E-state index contributed by atoms with van der Waals surface area (Å²) in [5.74, 6) is 0.0715. The lowest BCUT2D eigenvalue weighted by Crippen LogP contribution is -2.35. The normalized spacial score (nSPS) is 13.6. The van der Waals surface area contributed by atoms with Crippen molar-refractivity contribution in [3.8, 4) is 5.75 Å². The molecule has 108 valence electrons. The van der Waals surface area contributed by atoms with Crippen LogP contribution in [0.5, 0.6) is 5.75 Å². The molecule has 0 heterocycles. The van der Waals surface area contributed by atoms with E-state index in [9.17, 15) is 17.2 Å². The fourth-order valence-corrected chi connectivity index (χ4v) is 2.98. The Balaban J connectivity index is 2.97. The van der Waals surface area contributed by atoms with Crippen LogP contribution in [0.15, 0.2) is 27.6 Å². The van der Waals surface area contributed by atoms with Gasteiger partial charge in [0.25, 0.3) is 6.43 Å². The quantitative estimate of drug-likeness (QED) is 0.804. The number of hydrogen-bond acceptors (Lipinski definition) is 4. The van der Waals surface area contributed by atoms with Crippen LogP contribution in [0.25, 0.3) is 0 Å². The molecule has 1 aromatic rings. The Kier molecular flexibility index (Phi) is 5.65. The van der Waals surface area contributed by atoms with E-state index < -0.39 is 29.1 Å². The number of alkyl halides is 2. The predicted molar refractivity (Wildman–Crippen MR) is 67.9 cm³/mol. The molecule has 0 aliphatic heterocycles. The average molecular weight is 360 g/mol. The van der Waals surface area contributed by atoms with E-state index in [-0.39, 0.29) is 10.6 Å². The highest BCUT2D eigenvalue weighted by molar-refractivity contribution is 9.10. The average Bonchev–Trinajstić information content (AvgIpc) is 2.35. The van der Waals surface area contributed by atoms with Gasteiger partial charge in [0.1, 0.15) is 16.7 Å². The first-order chi connectivity index (χ1) is 8.77. The van der Waals surface area contributed by atoms with E-state index >= 15 is 0 Å². The van der Waals surface area contributed by atoms with Crippen LogP contribution in [0.3, 0.4) is 0 Å². The molecule has 0 aromatic heterocycles. The molecule has 1 rings (SSSR count). The first-order valence-electron chi connectivity index (χ1n) is 5.07. The summed E-state index contributed by atoms with van der Waals surface area (Å²) in [6.45, 7) is -0.782. The van der Waals surface area contributed by atoms with E-state index in [2.05, 4.69) is 15.9 Å². The zero-order valence-electron chi connectivity index (χ0n) is 9.81. The van der Waals surface area contributed by atoms with Crippen molar-refractivity contribution in [1.29, 1.82) is 0 Å². The van der Waals surface area contributed by atoms with Crippen molar-refractivity contribution in [3.05, 3.63) is 22.7 Å². The number of aliphatic hydroxyl groups excluding tert-OH is 1. The molecule has 0 spiro atoms. The molecule has 1 aromatic carbocycles. The number of hydrogen-bond donors (Lipinski definition) is 2. The van der Waals surface area contributed by atoms with Gasteiger partial charge in [-0.1, -0.05) is 15.9 Å². The van der Waals surface area contributed by atoms with Crippen LogP contribution in [0.2, 0.25) is 0 Å². The summed E-state index contributed by atoms with van der Waals surface area (Å²) in [6, 6.07) is 4.27. The maximum absolute atomic E-state index is 12.1. The van der Waals surface area contributed by atoms with Gasteiger partial charge in [-0.2, -0.15) is 0 Å². The molecule has 1 atom stereocenters. The van der Waals surface area contributed by atoms with Gasteiger partial charge in [0.2, 0.25) is 10.0 Å². The van der Waals surface area contributed by atoms with Gasteiger partial charge in [-0.15, -0.1) is 0 Å². The Morgan fingerprint density at radius 3 is 2.63 bits per heavy atom. The van der Waals surface area contributed by atoms with Crippen LogP contribution in [-0.4, -0.2) is 39.7 Å². The third kappa shape index (κ3) is 4.37. The number of benzene rings is 1. The minimum absolute atomic E-state index is 0.0715. The fourth-order valence-electron chi connectivity index (χ4n) is 1.22. The van der Waals surface area contributed by atoms with Crippen LogP contribution in [0, 0.1) is 0 Å². The Labute approximate surface area is 117 Å². The zero-order chi connectivity index (χ0) is 14.6. The molecule has 0 aliphatic rings. The lowest BCUT2D eigenvalue weighted by Gasteiger charge is -2.13. The molecule has 2 N–H and O–H groups in total. The molecule has 5 nitrogen and oxygen atoms in total. The van der Waals surface area contributed by atoms with Gasteiger partial charge in [0.05, 0.1) is 7.11 Å². The summed E-state index contributed by atoms with van der Waals surface area (Å²) in [5.41, 5.74) is 0. The first kappa shape index (κ1) is 16.3. The Hall–Kier alpha value is -0.770. The third-order valence-electron chi connectivity index (χ3n) is 2.19. The smallest absolute Gasteiger partial charge is 0.265 e. The van der Waals surface area contributed by atoms with Crippen molar-refractivity contribution in [3.63, 3.8) is 0 Å². The summed E-state index contributed by atoms with van der Waals surface area (Å²) in [6.07, 6.45) is -5.08. The van der Waals surface area contributed by atoms with Crippen LogP contribution < -0.4 is 9.46 Å². The van der Waals surface area contributed by atoms with Gasteiger partial charge < -0.3 is 9.84 Å². The number of ether oxygens (including phenoxy) is 1. The Bertz CT molecular complexity index is 538. The summed E-state index contributed by atoms with van der Waals surface area (Å²) in [7, 11) is -2.76. The lowest BCUT2D eigenvalue weighted by molar-refractivity contribution is -0.000454. The molecule has 9 heteroatoms. The largest absolute Gasteiger partial charge is 0.495 e. The third-order valence-corrected chi connectivity index (χ3v) is 4.13. The van der Waals surface area contributed by atoms with Crippen LogP contribution in [0.4, 0.5) is 8.78 Å². The fraction of sp³-hybridized carbons (Fsp3) is 0.400. The Morgan fingerprint density at radius 2 is 2.11 bits per heavy atom. The predicted octanol–water partition coefficient (Wildman–Crippen LogP) is 1.36. The van der Waals surface area contributed by atoms with Gasteiger partial charge in [0.15, 0.2) is 0 Å². The van der Waals surface area contributed by atoms with Gasteiger partial charge in [-0.3, -0.25) is 0 Å². The molecule has 1 unspecified atom stereocenters. The first-order valence-corrected chi connectivity index (χ1v) is 7.35. The van der Waals surface area contributed by atoms with Gasteiger partial charge in [-0.05, 0) is 18.2 Å². The standard InChI is InChI=1S/C10H12BrF2NO4S/c1-18-8-3-2-6(11)4-9(8)19(16,17)14-5-7(15)10(12)13/h2-4,7,10,14-15H,5H2,1H3. The van der Waals surface area contributed by atoms with Gasteiger partial charge in [-0.25, -0.2) is 21.9 Å². The molecule has 0 saturated carbocycles. The van der Waals surface area contributed by atoms with Crippen molar-refractivity contribution >= 4 is 26.0 Å². The van der Waals surface area contributed by atoms with Gasteiger partial charge >= 0.3 is 0 Å². The number of nitrogens with one attached hydrogen (secondary N) is 1. The molecular weight excluding hydrogens is 348 g/mol. The molecule has 19 heavy (non-hydrogen) atoms. The summed E-state index contributed by atoms with van der Waals surface area (Å²) < 4.78 is 55.3. The highest BCUT2D eigenvalue weighted by Gasteiger charge is 2.23. The zero-order valence-corrected chi connectivity index (χ0v) is 12.2. The molecule has 0 saturated heterocycles. The van der Waals surface area contributed by atoms with E-state index in [0.29, 0.717) is 4.47 Å². The van der Waals surface area contributed by atoms with E-state index in [1.54, 1.807) is 6.07 Å². The van der Waals surface area contributed by atoms with E-state index in [4.69, 9.17) is 9.84 Å². The van der Waals surface area contributed by atoms with Gasteiger partial charge in [0, 0.05) is 11.0 Å². The molecule has 0 radical (unpaired) electrons. The van der Waals surface area contributed by atoms with Crippen molar-refractivity contribution in [2.75, 3.05) is 13.7 Å². The molecule has 0 fully saturated rings. The molecule has 0 aliphatic carbocycles. The monoisotopic (exact) mass is 359 g/mol. The second kappa shape index (κ2) is 6.60. The number of rotatable bonds is 6. The second-order valence-electron chi connectivity index (χ2n) is 3.55. The number of halogens is 3. The SMILES string of the molecule is COc1ccc(Br)cc1S(=O)(=O)NCC(O)C(F)F.